The van der Waals surface area contributed by atoms with Gasteiger partial charge in [-0.05, 0) is 37.3 Å². The first-order valence-corrected chi connectivity index (χ1v) is 10.2. The Hall–Kier alpha value is -3.73. The molecule has 0 saturated heterocycles. The molecule has 0 bridgehead atoms. The van der Waals surface area contributed by atoms with Crippen molar-refractivity contribution in [3.8, 4) is 11.5 Å². The lowest BCUT2D eigenvalue weighted by Gasteiger charge is -2.16. The molecule has 2 N–H and O–H groups in total. The van der Waals surface area contributed by atoms with Gasteiger partial charge in [-0.25, -0.2) is 32.3 Å². The van der Waals surface area contributed by atoms with E-state index in [2.05, 4.69) is 21.3 Å². The number of ether oxygens (including phenoxy) is 1. The van der Waals surface area contributed by atoms with Gasteiger partial charge in [-0.15, -0.1) is 0 Å². The van der Waals surface area contributed by atoms with Gasteiger partial charge in [0.1, 0.15) is 16.7 Å². The number of methoxy groups -OCH3 is 1. The van der Waals surface area contributed by atoms with Crippen molar-refractivity contribution in [1.29, 1.82) is 0 Å². The lowest BCUT2D eigenvalue weighted by Crippen LogP contribution is -2.22. The second-order valence-electron chi connectivity index (χ2n) is 7.92. The summed E-state index contributed by atoms with van der Waals surface area (Å²) in [6.45, 7) is 4.08. The van der Waals surface area contributed by atoms with E-state index in [1.54, 1.807) is 25.1 Å². The number of pyridine rings is 1. The summed E-state index contributed by atoms with van der Waals surface area (Å²) in [7, 11) is 2.45. The summed E-state index contributed by atoms with van der Waals surface area (Å²) in [4.78, 5) is 20.6. The Morgan fingerprint density at radius 2 is 1.97 bits per heavy atom. The smallest absolute Gasteiger partial charge is 0.341 e. The van der Waals surface area contributed by atoms with Gasteiger partial charge in [-0.1, -0.05) is 6.58 Å². The van der Waals surface area contributed by atoms with E-state index in [-0.39, 0.29) is 28.2 Å². The van der Waals surface area contributed by atoms with Gasteiger partial charge in [0.25, 0.3) is 5.92 Å². The number of hydrogen-bond acceptors (Lipinski definition) is 5. The highest BCUT2D eigenvalue weighted by Gasteiger charge is 2.30. The molecule has 1 aromatic carbocycles. The predicted molar refractivity (Wildman–Crippen MR) is 118 cm³/mol. The van der Waals surface area contributed by atoms with Gasteiger partial charge in [0.05, 0.1) is 30.6 Å². The van der Waals surface area contributed by atoms with Crippen molar-refractivity contribution in [3.63, 3.8) is 0 Å². The number of imidazole rings is 1. The second kappa shape index (κ2) is 8.24. The van der Waals surface area contributed by atoms with Gasteiger partial charge in [-0.3, -0.25) is 0 Å². The number of nitrogens with two attached hydrogens (primary N) is 1. The summed E-state index contributed by atoms with van der Waals surface area (Å²) in [5.41, 5.74) is 5.90. The molecule has 3 heterocycles. The van der Waals surface area contributed by atoms with E-state index < -0.39 is 41.7 Å². The van der Waals surface area contributed by atoms with E-state index in [0.29, 0.717) is 17.2 Å². The first-order chi connectivity index (χ1) is 16.0. The molecule has 3 aromatic heterocycles. The molecule has 4 aromatic rings. The second-order valence-corrected chi connectivity index (χ2v) is 7.92. The predicted octanol–water partition coefficient (Wildman–Crippen LogP) is 4.50. The molecule has 0 aliphatic heterocycles. The number of alkyl halides is 2. The molecular weight excluding hydrogens is 454 g/mol. The Bertz CT molecular complexity index is 1460. The maximum absolute atomic E-state index is 14.9. The number of hydrogen-bond donors (Lipinski definition) is 1. The number of rotatable bonds is 6. The first kappa shape index (κ1) is 23.4. The molecule has 4 rings (SSSR count). The molecule has 0 fully saturated rings. The van der Waals surface area contributed by atoms with Crippen LogP contribution in [0.1, 0.15) is 29.0 Å². The minimum absolute atomic E-state index is 0.0479. The lowest BCUT2D eigenvalue weighted by atomic mass is 10.1. The zero-order valence-corrected chi connectivity index (χ0v) is 18.6. The third-order valence-corrected chi connectivity index (χ3v) is 5.57. The van der Waals surface area contributed by atoms with Crippen molar-refractivity contribution < 1.29 is 27.1 Å². The van der Waals surface area contributed by atoms with Crippen LogP contribution >= 0.6 is 0 Å². The number of nitrogens with zero attached hydrogens (tertiary/aromatic N) is 4. The third-order valence-electron chi connectivity index (χ3n) is 5.57. The molecule has 0 radical (unpaired) electrons. The lowest BCUT2D eigenvalue weighted by molar-refractivity contribution is 0.0379. The van der Waals surface area contributed by atoms with Crippen LogP contribution in [0.2, 0.25) is 0 Å². The summed E-state index contributed by atoms with van der Waals surface area (Å²) >= 11 is 0. The summed E-state index contributed by atoms with van der Waals surface area (Å²) in [6, 6.07) is 5.55. The van der Waals surface area contributed by atoms with Gasteiger partial charge in [0, 0.05) is 18.5 Å². The zero-order chi connectivity index (χ0) is 24.9. The average Bonchev–Trinajstić information content (AvgIpc) is 3.32. The Kier molecular flexibility index (Phi) is 5.68. The molecule has 1 atom stereocenters. The Labute approximate surface area is 191 Å². The maximum atomic E-state index is 14.9. The number of fused-ring (bicyclic) bond motifs is 2. The molecule has 1 unspecified atom stereocenters. The standard InChI is InChI=1S/C23H21F4N5O2/c1-5-23(26,27)10-32-16(8-12-6-7-14(11(2)28)29-20(12)32)21-30-15-9-13(22(33)34-4)17(24)18(25)19(15)31(21)3/h5-9,11H,1,10,28H2,2-4H3. The van der Waals surface area contributed by atoms with E-state index >= 15 is 0 Å². The van der Waals surface area contributed by atoms with Crippen LogP contribution in [0.25, 0.3) is 33.6 Å². The van der Waals surface area contributed by atoms with Crippen LogP contribution in [-0.4, -0.2) is 38.1 Å². The molecule has 0 aliphatic rings. The molecular formula is C23H21F4N5O2. The fourth-order valence-corrected chi connectivity index (χ4v) is 3.81. The highest BCUT2D eigenvalue weighted by atomic mass is 19.3. The summed E-state index contributed by atoms with van der Waals surface area (Å²) in [5, 5.41) is 0.522. The van der Waals surface area contributed by atoms with Crippen molar-refractivity contribution in [2.45, 2.75) is 25.4 Å². The number of allylic oxidation sites excluding steroid dienone is 1. The van der Waals surface area contributed by atoms with Crippen molar-refractivity contribution >= 4 is 28.0 Å². The van der Waals surface area contributed by atoms with Gasteiger partial charge in [0.2, 0.25) is 0 Å². The van der Waals surface area contributed by atoms with E-state index in [1.165, 1.54) is 16.2 Å². The molecule has 11 heteroatoms. The number of benzene rings is 1. The Balaban J connectivity index is 2.03. The SMILES string of the molecule is C=CC(F)(F)Cn1c(-c2nc3cc(C(=O)OC)c(F)c(F)c3n2C)cc2ccc(C(C)N)nc21. The number of carbonyl (C=O) groups excluding carboxylic acids is 1. The molecule has 34 heavy (non-hydrogen) atoms. The van der Waals surface area contributed by atoms with Gasteiger partial charge in [-0.2, -0.15) is 0 Å². The number of esters is 1. The van der Waals surface area contributed by atoms with E-state index in [0.717, 1.165) is 13.2 Å². The van der Waals surface area contributed by atoms with E-state index in [9.17, 15) is 22.4 Å². The van der Waals surface area contributed by atoms with Crippen LogP contribution < -0.4 is 5.73 Å². The van der Waals surface area contributed by atoms with Crippen molar-refractivity contribution in [3.05, 3.63) is 59.8 Å². The van der Waals surface area contributed by atoms with Crippen molar-refractivity contribution in [1.82, 2.24) is 19.1 Å². The highest BCUT2D eigenvalue weighted by molar-refractivity contribution is 5.95. The van der Waals surface area contributed by atoms with Crippen molar-refractivity contribution in [2.24, 2.45) is 12.8 Å². The van der Waals surface area contributed by atoms with Crippen LogP contribution in [0.5, 0.6) is 0 Å². The minimum atomic E-state index is -3.30. The number of halogens is 4. The van der Waals surface area contributed by atoms with Crippen LogP contribution in [-0.2, 0) is 18.3 Å². The molecule has 0 aliphatic carbocycles. The number of aromatic nitrogens is 4. The molecule has 0 amide bonds. The number of carbonyl (C=O) groups is 1. The fourth-order valence-electron chi connectivity index (χ4n) is 3.81. The van der Waals surface area contributed by atoms with E-state index in [1.807, 2.05) is 0 Å². The van der Waals surface area contributed by atoms with E-state index in [4.69, 9.17) is 5.73 Å². The van der Waals surface area contributed by atoms with Gasteiger partial charge < -0.3 is 19.6 Å². The summed E-state index contributed by atoms with van der Waals surface area (Å²) < 4.78 is 65.3. The monoisotopic (exact) mass is 475 g/mol. The highest BCUT2D eigenvalue weighted by Crippen LogP contribution is 2.34. The quantitative estimate of drug-likeness (QED) is 0.252. The average molecular weight is 475 g/mol. The van der Waals surface area contributed by atoms with Crippen molar-refractivity contribution in [2.75, 3.05) is 7.11 Å². The molecule has 0 spiro atoms. The maximum Gasteiger partial charge on any atom is 0.341 e. The van der Waals surface area contributed by atoms with Crippen LogP contribution in [0.15, 0.2) is 36.9 Å². The first-order valence-electron chi connectivity index (χ1n) is 10.2. The Morgan fingerprint density at radius 1 is 1.26 bits per heavy atom. The largest absolute Gasteiger partial charge is 0.465 e. The molecule has 178 valence electrons. The summed E-state index contributed by atoms with van der Waals surface area (Å²) in [5.74, 6) is -7.01. The minimum Gasteiger partial charge on any atom is -0.465 e. The Morgan fingerprint density at radius 3 is 2.59 bits per heavy atom. The molecule has 7 nitrogen and oxygen atoms in total. The van der Waals surface area contributed by atoms with Gasteiger partial charge in [0.15, 0.2) is 17.5 Å². The zero-order valence-electron chi connectivity index (χ0n) is 18.6. The topological polar surface area (TPSA) is 88.0 Å². The van der Waals surface area contributed by atoms with Gasteiger partial charge >= 0.3 is 5.97 Å². The van der Waals surface area contributed by atoms with Crippen LogP contribution in [0.4, 0.5) is 17.6 Å². The fraction of sp³-hybridized carbons (Fsp3) is 0.261. The number of aryl methyl sites for hydroxylation is 1. The molecule has 0 saturated carbocycles. The van der Waals surface area contributed by atoms with Crippen LogP contribution in [0.3, 0.4) is 0 Å². The van der Waals surface area contributed by atoms with Crippen LogP contribution in [0, 0.1) is 11.6 Å². The third kappa shape index (κ3) is 3.71. The normalized spacial score (nSPS) is 12.9. The summed E-state index contributed by atoms with van der Waals surface area (Å²) in [6.07, 6.45) is 0.518.